The molecule has 106 valence electrons. The van der Waals surface area contributed by atoms with Crippen molar-refractivity contribution in [2.24, 2.45) is 5.73 Å². The van der Waals surface area contributed by atoms with Gasteiger partial charge in [0.2, 0.25) is 0 Å². The third-order valence-corrected chi connectivity index (χ3v) is 3.57. The lowest BCUT2D eigenvalue weighted by Gasteiger charge is -2.22. The van der Waals surface area contributed by atoms with Crippen molar-refractivity contribution in [3.8, 4) is 0 Å². The maximum Gasteiger partial charge on any atom is 0.404 e. The minimum absolute atomic E-state index is 0.181. The molecule has 3 rings (SSSR count). The molecule has 0 aliphatic carbocycles. The Morgan fingerprint density at radius 2 is 2.10 bits per heavy atom. The van der Waals surface area contributed by atoms with Crippen molar-refractivity contribution >= 4 is 12.0 Å². The smallest absolute Gasteiger partial charge is 0.404 e. The molecule has 0 radical (unpaired) electrons. The predicted molar refractivity (Wildman–Crippen MR) is 66.2 cm³/mol. The van der Waals surface area contributed by atoms with Crippen molar-refractivity contribution < 1.29 is 24.2 Å². The summed E-state index contributed by atoms with van der Waals surface area (Å²) >= 11 is 0. The molecule has 20 heavy (non-hydrogen) atoms. The number of rotatable bonds is 2. The second kappa shape index (κ2) is 4.77. The molecule has 2 aliphatic rings. The second-order valence-electron chi connectivity index (χ2n) is 4.76. The Hall–Kier alpha value is -2.12. The van der Waals surface area contributed by atoms with Gasteiger partial charge in [-0.1, -0.05) is 30.3 Å². The van der Waals surface area contributed by atoms with Gasteiger partial charge in [-0.25, -0.2) is 4.79 Å². The molecule has 1 aromatic carbocycles. The Balaban J connectivity index is 1.88. The van der Waals surface area contributed by atoms with Crippen molar-refractivity contribution in [1.82, 2.24) is 4.90 Å². The minimum atomic E-state index is -1.40. The summed E-state index contributed by atoms with van der Waals surface area (Å²) in [7, 11) is 0. The largest absolute Gasteiger partial charge is 0.441 e. The molecule has 2 heterocycles. The standard InChI is InChI=1S/C13H14N2O5/c14-13(18)20-10-8-6-19-12(7-4-2-1-3-5-7)15(8)11(17)9(10)16/h1-5,8-10,12,16H,6H2,(H2,14,18). The number of aliphatic hydroxyl groups is 1. The van der Waals surface area contributed by atoms with E-state index in [9.17, 15) is 14.7 Å². The third kappa shape index (κ3) is 1.91. The zero-order chi connectivity index (χ0) is 14.3. The van der Waals surface area contributed by atoms with Gasteiger partial charge in [-0.2, -0.15) is 0 Å². The van der Waals surface area contributed by atoms with Crippen molar-refractivity contribution in [2.45, 2.75) is 24.5 Å². The molecule has 4 atom stereocenters. The number of aliphatic hydroxyl groups excluding tert-OH is 1. The summed E-state index contributed by atoms with van der Waals surface area (Å²) in [6.07, 6.45) is -3.99. The highest BCUT2D eigenvalue weighted by Gasteiger charge is 2.56. The Labute approximate surface area is 114 Å². The maximum absolute atomic E-state index is 12.1. The summed E-state index contributed by atoms with van der Waals surface area (Å²) in [6.45, 7) is 0.181. The summed E-state index contributed by atoms with van der Waals surface area (Å²) in [5.74, 6) is -0.521. The summed E-state index contributed by atoms with van der Waals surface area (Å²) in [6, 6.07) is 8.66. The number of fused-ring (bicyclic) bond motifs is 1. The third-order valence-electron chi connectivity index (χ3n) is 3.57. The number of primary amides is 1. The fourth-order valence-electron chi connectivity index (χ4n) is 2.71. The van der Waals surface area contributed by atoms with Crippen LogP contribution < -0.4 is 5.73 Å². The molecule has 2 fully saturated rings. The van der Waals surface area contributed by atoms with Gasteiger partial charge in [0.05, 0.1) is 12.6 Å². The van der Waals surface area contributed by atoms with Gasteiger partial charge in [0, 0.05) is 5.56 Å². The van der Waals surface area contributed by atoms with Gasteiger partial charge in [-0.3, -0.25) is 4.79 Å². The van der Waals surface area contributed by atoms with Gasteiger partial charge in [0.1, 0.15) is 0 Å². The number of hydrogen-bond donors (Lipinski definition) is 2. The van der Waals surface area contributed by atoms with E-state index in [1.807, 2.05) is 30.3 Å². The zero-order valence-corrected chi connectivity index (χ0v) is 10.5. The van der Waals surface area contributed by atoms with Gasteiger partial charge >= 0.3 is 6.09 Å². The first-order chi connectivity index (χ1) is 9.59. The number of carbonyl (C=O) groups is 2. The van der Waals surface area contributed by atoms with Crippen molar-refractivity contribution in [3.63, 3.8) is 0 Å². The molecule has 3 N–H and O–H groups in total. The Kier molecular flexibility index (Phi) is 3.07. The Bertz CT molecular complexity index is 535. The predicted octanol–water partition coefficient (Wildman–Crippen LogP) is -0.249. The maximum atomic E-state index is 12.1. The first-order valence-electron chi connectivity index (χ1n) is 6.22. The van der Waals surface area contributed by atoms with Crippen molar-refractivity contribution in [1.29, 1.82) is 0 Å². The molecule has 2 saturated heterocycles. The molecule has 7 heteroatoms. The van der Waals surface area contributed by atoms with Crippen LogP contribution in [0.5, 0.6) is 0 Å². The first-order valence-corrected chi connectivity index (χ1v) is 6.22. The SMILES string of the molecule is NC(=O)OC1C(O)C(=O)N2C(c3ccccc3)OCC12. The number of nitrogens with zero attached hydrogens (tertiary/aromatic N) is 1. The fraction of sp³-hybridized carbons (Fsp3) is 0.385. The molecule has 0 saturated carbocycles. The molecular weight excluding hydrogens is 264 g/mol. The van der Waals surface area contributed by atoms with Crippen LogP contribution in [-0.2, 0) is 14.3 Å². The van der Waals surface area contributed by atoms with Crippen LogP contribution in [0.3, 0.4) is 0 Å². The van der Waals surface area contributed by atoms with Crippen LogP contribution in [0.25, 0.3) is 0 Å². The highest BCUT2D eigenvalue weighted by atomic mass is 16.6. The zero-order valence-electron chi connectivity index (χ0n) is 10.5. The van der Waals surface area contributed by atoms with E-state index in [-0.39, 0.29) is 6.61 Å². The Morgan fingerprint density at radius 3 is 2.75 bits per heavy atom. The summed E-state index contributed by atoms with van der Waals surface area (Å²) in [5.41, 5.74) is 5.77. The van der Waals surface area contributed by atoms with Gasteiger partial charge in [0.15, 0.2) is 18.4 Å². The molecule has 1 aromatic rings. The number of ether oxygens (including phenoxy) is 2. The monoisotopic (exact) mass is 278 g/mol. The van der Waals surface area contributed by atoms with Crippen LogP contribution in [-0.4, -0.2) is 46.9 Å². The molecule has 2 amide bonds. The van der Waals surface area contributed by atoms with Crippen LogP contribution in [0.15, 0.2) is 30.3 Å². The second-order valence-corrected chi connectivity index (χ2v) is 4.76. The normalized spacial score (nSPS) is 32.2. The summed E-state index contributed by atoms with van der Waals surface area (Å²) < 4.78 is 10.4. The van der Waals surface area contributed by atoms with Crippen molar-refractivity contribution in [2.75, 3.05) is 6.61 Å². The molecule has 0 spiro atoms. The molecule has 0 bridgehead atoms. The number of amides is 2. The van der Waals surface area contributed by atoms with Crippen LogP contribution in [0, 0.1) is 0 Å². The highest BCUT2D eigenvalue weighted by molar-refractivity contribution is 5.85. The molecule has 4 unspecified atom stereocenters. The minimum Gasteiger partial charge on any atom is -0.441 e. The van der Waals surface area contributed by atoms with Gasteiger partial charge in [-0.15, -0.1) is 0 Å². The lowest BCUT2D eigenvalue weighted by atomic mass is 10.1. The van der Waals surface area contributed by atoms with Crippen LogP contribution in [0.4, 0.5) is 4.79 Å². The van der Waals surface area contributed by atoms with Crippen LogP contribution >= 0.6 is 0 Å². The highest BCUT2D eigenvalue weighted by Crippen LogP contribution is 2.38. The molecule has 7 nitrogen and oxygen atoms in total. The van der Waals surface area contributed by atoms with Gasteiger partial charge in [0.25, 0.3) is 5.91 Å². The van der Waals surface area contributed by atoms with Crippen LogP contribution in [0.2, 0.25) is 0 Å². The lowest BCUT2D eigenvalue weighted by molar-refractivity contribution is -0.142. The number of nitrogens with two attached hydrogens (primary N) is 1. The molecule has 0 aromatic heterocycles. The Morgan fingerprint density at radius 1 is 1.40 bits per heavy atom. The van der Waals surface area contributed by atoms with Gasteiger partial charge < -0.3 is 25.2 Å². The fourth-order valence-corrected chi connectivity index (χ4v) is 2.71. The van der Waals surface area contributed by atoms with E-state index in [1.165, 1.54) is 4.90 Å². The lowest BCUT2D eigenvalue weighted by Crippen LogP contribution is -2.39. The van der Waals surface area contributed by atoms with Gasteiger partial charge in [-0.05, 0) is 0 Å². The van der Waals surface area contributed by atoms with E-state index in [0.717, 1.165) is 5.56 Å². The molecule has 2 aliphatic heterocycles. The first kappa shape index (κ1) is 12.9. The number of hydrogen-bond acceptors (Lipinski definition) is 5. The van der Waals surface area contributed by atoms with Crippen LogP contribution in [0.1, 0.15) is 11.8 Å². The average molecular weight is 278 g/mol. The van der Waals surface area contributed by atoms with E-state index < -0.39 is 36.5 Å². The number of carbonyl (C=O) groups excluding carboxylic acids is 2. The van der Waals surface area contributed by atoms with E-state index in [4.69, 9.17) is 15.2 Å². The average Bonchev–Trinajstić information content (AvgIpc) is 2.96. The topological polar surface area (TPSA) is 102 Å². The molecular formula is C13H14N2O5. The van der Waals surface area contributed by atoms with Crippen molar-refractivity contribution in [3.05, 3.63) is 35.9 Å². The van der Waals surface area contributed by atoms with E-state index in [2.05, 4.69) is 0 Å². The van der Waals surface area contributed by atoms with E-state index in [1.54, 1.807) is 0 Å². The quantitative estimate of drug-likeness (QED) is 0.776. The number of benzene rings is 1. The van der Waals surface area contributed by atoms with E-state index in [0.29, 0.717) is 0 Å². The van der Waals surface area contributed by atoms with E-state index >= 15 is 0 Å². The summed E-state index contributed by atoms with van der Waals surface area (Å²) in [5, 5.41) is 9.90. The summed E-state index contributed by atoms with van der Waals surface area (Å²) in [4.78, 5) is 24.4.